The standard InChI is InChI=1S/C21H26F3N7OS/c1-13-25-19(33-29-13)30-11-6-15(7-12-30)26-18-27-17-16(3-2-10-31(17)28-18)20(32)8-4-14(5-9-20)21(22,23)24/h2-3,10,14-15,32H,4-9,11-12H2,1H3,(H,26,28)/t14-,20+. The lowest BCUT2D eigenvalue weighted by molar-refractivity contribution is -0.193. The van der Waals surface area contributed by atoms with E-state index < -0.39 is 17.7 Å². The van der Waals surface area contributed by atoms with Gasteiger partial charge in [0.15, 0.2) is 5.65 Å². The van der Waals surface area contributed by atoms with Crippen LogP contribution < -0.4 is 10.2 Å². The van der Waals surface area contributed by atoms with E-state index in [4.69, 9.17) is 0 Å². The summed E-state index contributed by atoms with van der Waals surface area (Å²) in [5.41, 5.74) is -0.317. The third-order valence-corrected chi connectivity index (χ3v) is 7.62. The van der Waals surface area contributed by atoms with Crippen molar-refractivity contribution in [3.8, 4) is 0 Å². The van der Waals surface area contributed by atoms with Gasteiger partial charge in [-0.25, -0.2) is 9.50 Å². The van der Waals surface area contributed by atoms with Crippen molar-refractivity contribution in [2.75, 3.05) is 23.3 Å². The summed E-state index contributed by atoms with van der Waals surface area (Å²) in [4.78, 5) is 11.3. The van der Waals surface area contributed by atoms with E-state index in [1.165, 1.54) is 11.5 Å². The summed E-state index contributed by atoms with van der Waals surface area (Å²) in [6.45, 7) is 3.59. The van der Waals surface area contributed by atoms with Gasteiger partial charge in [-0.15, -0.1) is 5.10 Å². The molecule has 1 aliphatic carbocycles. The fourth-order valence-corrected chi connectivity index (χ4v) is 5.56. The minimum atomic E-state index is -4.22. The summed E-state index contributed by atoms with van der Waals surface area (Å²) in [5.74, 6) is -0.115. The number of aromatic nitrogens is 5. The lowest BCUT2D eigenvalue weighted by Crippen LogP contribution is -2.39. The average molecular weight is 482 g/mol. The van der Waals surface area contributed by atoms with Gasteiger partial charge in [-0.2, -0.15) is 22.5 Å². The maximum absolute atomic E-state index is 13.1. The van der Waals surface area contributed by atoms with E-state index in [-0.39, 0.29) is 31.7 Å². The largest absolute Gasteiger partial charge is 0.391 e. The van der Waals surface area contributed by atoms with Gasteiger partial charge in [-0.05, 0) is 51.5 Å². The molecule has 2 fully saturated rings. The van der Waals surface area contributed by atoms with Crippen LogP contribution in [0, 0.1) is 12.8 Å². The molecule has 0 aromatic carbocycles. The maximum Gasteiger partial charge on any atom is 0.391 e. The van der Waals surface area contributed by atoms with Crippen molar-refractivity contribution >= 4 is 28.3 Å². The zero-order chi connectivity index (χ0) is 23.2. The van der Waals surface area contributed by atoms with Gasteiger partial charge in [-0.3, -0.25) is 0 Å². The monoisotopic (exact) mass is 481 g/mol. The Hall–Kier alpha value is -2.47. The minimum absolute atomic E-state index is 0.0516. The maximum atomic E-state index is 13.1. The number of nitrogens with zero attached hydrogens (tertiary/aromatic N) is 6. The summed E-state index contributed by atoms with van der Waals surface area (Å²) < 4.78 is 45.0. The summed E-state index contributed by atoms with van der Waals surface area (Å²) in [7, 11) is 0. The second kappa shape index (κ2) is 8.39. The second-order valence-corrected chi connectivity index (χ2v) is 9.73. The van der Waals surface area contributed by atoms with Crippen LogP contribution in [0.4, 0.5) is 24.3 Å². The molecule has 2 N–H and O–H groups in total. The third-order valence-electron chi connectivity index (χ3n) is 6.75. The Bertz CT molecular complexity index is 1110. The molecule has 2 aliphatic rings. The Morgan fingerprint density at radius 2 is 1.88 bits per heavy atom. The molecule has 0 radical (unpaired) electrons. The summed E-state index contributed by atoms with van der Waals surface area (Å²) in [6, 6.07) is 3.68. The van der Waals surface area contributed by atoms with Crippen molar-refractivity contribution in [2.24, 2.45) is 5.92 Å². The van der Waals surface area contributed by atoms with Gasteiger partial charge < -0.3 is 15.3 Å². The van der Waals surface area contributed by atoms with Gasteiger partial charge in [0.25, 0.3) is 0 Å². The Balaban J connectivity index is 1.28. The Morgan fingerprint density at radius 1 is 1.15 bits per heavy atom. The van der Waals surface area contributed by atoms with Crippen molar-refractivity contribution in [3.63, 3.8) is 0 Å². The van der Waals surface area contributed by atoms with E-state index in [1.54, 1.807) is 22.8 Å². The molecule has 4 heterocycles. The highest BCUT2D eigenvalue weighted by molar-refractivity contribution is 7.09. The van der Waals surface area contributed by atoms with Crippen molar-refractivity contribution in [1.82, 2.24) is 24.0 Å². The zero-order valence-electron chi connectivity index (χ0n) is 18.2. The summed E-state index contributed by atoms with van der Waals surface area (Å²) in [6.07, 6.45) is -0.772. The lowest BCUT2D eigenvalue weighted by Gasteiger charge is -2.36. The molecule has 0 spiro atoms. The number of fused-ring (bicyclic) bond motifs is 1. The van der Waals surface area contributed by atoms with E-state index in [9.17, 15) is 18.3 Å². The predicted molar refractivity (Wildman–Crippen MR) is 118 cm³/mol. The van der Waals surface area contributed by atoms with Crippen LogP contribution in [0.15, 0.2) is 18.3 Å². The van der Waals surface area contributed by atoms with Crippen LogP contribution >= 0.6 is 11.5 Å². The number of anilines is 2. The number of halogens is 3. The van der Waals surface area contributed by atoms with Crippen LogP contribution in [-0.4, -0.2) is 54.4 Å². The molecule has 1 saturated heterocycles. The van der Waals surface area contributed by atoms with Crippen LogP contribution in [-0.2, 0) is 5.60 Å². The molecule has 3 aromatic rings. The second-order valence-electron chi connectivity index (χ2n) is 9.00. The molecule has 0 unspecified atom stereocenters. The van der Waals surface area contributed by atoms with E-state index >= 15 is 0 Å². The summed E-state index contributed by atoms with van der Waals surface area (Å²) >= 11 is 1.41. The van der Waals surface area contributed by atoms with E-state index in [0.717, 1.165) is 36.9 Å². The first kappa shape index (κ1) is 22.3. The zero-order valence-corrected chi connectivity index (χ0v) is 19.0. The van der Waals surface area contributed by atoms with Crippen molar-refractivity contribution < 1.29 is 18.3 Å². The SMILES string of the molecule is Cc1nsc(N2CCC(Nc3nc4c([C@]5(O)CC[C@@H](C(F)(F)F)CC5)cccn4n3)CC2)n1. The molecular weight excluding hydrogens is 455 g/mol. The lowest BCUT2D eigenvalue weighted by atomic mass is 9.75. The van der Waals surface area contributed by atoms with Gasteiger partial charge in [-0.1, -0.05) is 6.07 Å². The van der Waals surface area contributed by atoms with Crippen molar-refractivity contribution in [2.45, 2.75) is 63.3 Å². The normalized spacial score (nSPS) is 25.0. The van der Waals surface area contributed by atoms with Gasteiger partial charge >= 0.3 is 6.18 Å². The number of piperidine rings is 1. The van der Waals surface area contributed by atoms with Gasteiger partial charge in [0, 0.05) is 42.4 Å². The number of alkyl halides is 3. The molecular formula is C21H26F3N7OS. The molecule has 0 bridgehead atoms. The first-order valence-electron chi connectivity index (χ1n) is 11.2. The van der Waals surface area contributed by atoms with Crippen LogP contribution in [0.2, 0.25) is 0 Å². The molecule has 5 rings (SSSR count). The summed E-state index contributed by atoms with van der Waals surface area (Å²) in [5, 5.41) is 20.0. The molecule has 33 heavy (non-hydrogen) atoms. The molecule has 1 saturated carbocycles. The first-order valence-corrected chi connectivity index (χ1v) is 12.0. The molecule has 1 aliphatic heterocycles. The molecule has 178 valence electrons. The van der Waals surface area contributed by atoms with Crippen LogP contribution in [0.1, 0.15) is 49.9 Å². The Morgan fingerprint density at radius 3 is 2.52 bits per heavy atom. The van der Waals surface area contributed by atoms with Gasteiger partial charge in [0.1, 0.15) is 5.82 Å². The quantitative estimate of drug-likeness (QED) is 0.584. The molecule has 8 nitrogen and oxygen atoms in total. The smallest absolute Gasteiger partial charge is 0.385 e. The van der Waals surface area contributed by atoms with E-state index in [0.29, 0.717) is 17.2 Å². The fraction of sp³-hybridized carbons (Fsp3) is 0.619. The molecule has 12 heteroatoms. The topological polar surface area (TPSA) is 91.5 Å². The van der Waals surface area contributed by atoms with E-state index in [2.05, 4.69) is 29.7 Å². The Labute approximate surface area is 193 Å². The minimum Gasteiger partial charge on any atom is -0.385 e. The highest BCUT2D eigenvalue weighted by atomic mass is 32.1. The highest BCUT2D eigenvalue weighted by Crippen LogP contribution is 2.45. The predicted octanol–water partition coefficient (Wildman–Crippen LogP) is 3.91. The molecule has 3 aromatic heterocycles. The number of hydrogen-bond donors (Lipinski definition) is 2. The number of rotatable bonds is 4. The van der Waals surface area contributed by atoms with Crippen LogP contribution in [0.25, 0.3) is 5.65 Å². The van der Waals surface area contributed by atoms with Crippen LogP contribution in [0.5, 0.6) is 0 Å². The number of hydrogen-bond acceptors (Lipinski definition) is 8. The number of aliphatic hydroxyl groups is 1. The average Bonchev–Trinajstić information content (AvgIpc) is 3.39. The number of pyridine rings is 1. The van der Waals surface area contributed by atoms with Crippen molar-refractivity contribution in [3.05, 3.63) is 29.7 Å². The Kier molecular flexibility index (Phi) is 5.68. The van der Waals surface area contributed by atoms with Crippen molar-refractivity contribution in [1.29, 1.82) is 0 Å². The number of aryl methyl sites for hydroxylation is 1. The van der Waals surface area contributed by atoms with Crippen LogP contribution in [0.3, 0.4) is 0 Å². The van der Waals surface area contributed by atoms with Gasteiger partial charge in [0.05, 0.1) is 11.5 Å². The van der Waals surface area contributed by atoms with Gasteiger partial charge in [0.2, 0.25) is 11.1 Å². The highest BCUT2D eigenvalue weighted by Gasteiger charge is 2.46. The third kappa shape index (κ3) is 4.50. The molecule has 0 atom stereocenters. The fourth-order valence-electron chi connectivity index (χ4n) is 4.83. The first-order chi connectivity index (χ1) is 15.7. The molecule has 0 amide bonds. The number of nitrogens with one attached hydrogen (secondary N) is 1. The van der Waals surface area contributed by atoms with E-state index in [1.807, 2.05) is 6.92 Å².